The summed E-state index contributed by atoms with van der Waals surface area (Å²) in [6.07, 6.45) is 2.11. The summed E-state index contributed by atoms with van der Waals surface area (Å²) in [5, 5.41) is 3.20. The molecule has 0 spiro atoms. The molecule has 27 heavy (non-hydrogen) atoms. The van der Waals surface area contributed by atoms with Gasteiger partial charge in [-0.1, -0.05) is 18.0 Å². The van der Waals surface area contributed by atoms with Crippen molar-refractivity contribution in [3.8, 4) is 5.75 Å². The zero-order valence-corrected chi connectivity index (χ0v) is 16.6. The number of ether oxygens (including phenoxy) is 2. The van der Waals surface area contributed by atoms with Gasteiger partial charge >= 0.3 is 5.97 Å². The van der Waals surface area contributed by atoms with Crippen molar-refractivity contribution in [1.82, 2.24) is 4.90 Å². The smallest absolute Gasteiger partial charge is 0.326 e. The fourth-order valence-electron chi connectivity index (χ4n) is 2.81. The van der Waals surface area contributed by atoms with Crippen LogP contribution in [0, 0.1) is 6.92 Å². The number of hydrogen-bond donors (Lipinski definition) is 1. The third-order valence-corrected chi connectivity index (χ3v) is 4.81. The van der Waals surface area contributed by atoms with Gasteiger partial charge in [0.2, 0.25) is 5.91 Å². The number of carbonyl (C=O) groups is 3. The molecule has 2 amide bonds. The number of nitrogens with one attached hydrogen (secondary N) is 1. The van der Waals surface area contributed by atoms with Crippen LogP contribution < -0.4 is 10.1 Å². The standard InChI is InChI=1S/C19H25ClN2O5/c1-12-9-15(16(26-3)10-14(12)20)21-19(25)13(2)27-18(24)11-22-8-6-4-5-7-17(22)23/h9-10,13H,4-8,11H2,1-3H3,(H,21,25)/t13-/m0/s1. The van der Waals surface area contributed by atoms with Crippen LogP contribution >= 0.6 is 11.6 Å². The lowest BCUT2D eigenvalue weighted by Crippen LogP contribution is -2.38. The van der Waals surface area contributed by atoms with Gasteiger partial charge in [0.05, 0.1) is 12.8 Å². The number of amides is 2. The fraction of sp³-hybridized carbons (Fsp3) is 0.526. The molecule has 0 aromatic heterocycles. The van der Waals surface area contributed by atoms with Crippen molar-refractivity contribution in [2.24, 2.45) is 0 Å². The number of carbonyl (C=O) groups excluding carboxylic acids is 3. The summed E-state index contributed by atoms with van der Waals surface area (Å²) in [5.41, 5.74) is 1.21. The second-order valence-electron chi connectivity index (χ2n) is 6.55. The van der Waals surface area contributed by atoms with E-state index in [0.717, 1.165) is 24.8 Å². The van der Waals surface area contributed by atoms with Crippen LogP contribution in [0.4, 0.5) is 5.69 Å². The number of methoxy groups -OCH3 is 1. The molecule has 1 N–H and O–H groups in total. The largest absolute Gasteiger partial charge is 0.495 e. The van der Waals surface area contributed by atoms with Crippen molar-refractivity contribution in [1.29, 1.82) is 0 Å². The van der Waals surface area contributed by atoms with E-state index in [4.69, 9.17) is 21.1 Å². The second-order valence-corrected chi connectivity index (χ2v) is 6.96. The van der Waals surface area contributed by atoms with Crippen molar-refractivity contribution in [2.75, 3.05) is 25.5 Å². The molecule has 0 radical (unpaired) electrons. The van der Waals surface area contributed by atoms with Crippen molar-refractivity contribution < 1.29 is 23.9 Å². The summed E-state index contributed by atoms with van der Waals surface area (Å²) in [6, 6.07) is 3.29. The summed E-state index contributed by atoms with van der Waals surface area (Å²) in [6.45, 7) is 3.68. The number of benzene rings is 1. The molecule has 0 bridgehead atoms. The normalized spacial score (nSPS) is 15.7. The van der Waals surface area contributed by atoms with Crippen molar-refractivity contribution in [2.45, 2.75) is 45.6 Å². The Labute approximate surface area is 163 Å². The highest BCUT2D eigenvalue weighted by molar-refractivity contribution is 6.31. The SMILES string of the molecule is COc1cc(Cl)c(C)cc1NC(=O)[C@H](C)OC(=O)CN1CCCCCC1=O. The number of likely N-dealkylation sites (tertiary alicyclic amines) is 1. The van der Waals surface area contributed by atoms with Crippen LogP contribution in [0.5, 0.6) is 5.75 Å². The summed E-state index contributed by atoms with van der Waals surface area (Å²) in [4.78, 5) is 37.9. The molecule has 1 heterocycles. The monoisotopic (exact) mass is 396 g/mol. The number of anilines is 1. The summed E-state index contributed by atoms with van der Waals surface area (Å²) in [5.74, 6) is -0.742. The van der Waals surface area contributed by atoms with Crippen LogP contribution in [0.1, 0.15) is 38.2 Å². The second kappa shape index (κ2) is 9.60. The zero-order chi connectivity index (χ0) is 20.0. The Kier molecular flexibility index (Phi) is 7.47. The number of aryl methyl sites for hydroxylation is 1. The van der Waals surface area contributed by atoms with Gasteiger partial charge in [-0.3, -0.25) is 14.4 Å². The lowest BCUT2D eigenvalue weighted by Gasteiger charge is -2.21. The third kappa shape index (κ3) is 5.85. The molecule has 8 heteroatoms. The first-order valence-corrected chi connectivity index (χ1v) is 9.32. The maximum absolute atomic E-state index is 12.4. The average Bonchev–Trinajstić information content (AvgIpc) is 2.82. The molecule has 1 aromatic rings. The van der Waals surface area contributed by atoms with E-state index in [-0.39, 0.29) is 12.5 Å². The summed E-state index contributed by atoms with van der Waals surface area (Å²) < 4.78 is 10.4. The highest BCUT2D eigenvalue weighted by atomic mass is 35.5. The van der Waals surface area contributed by atoms with Crippen molar-refractivity contribution in [3.05, 3.63) is 22.7 Å². The van der Waals surface area contributed by atoms with Gasteiger partial charge < -0.3 is 19.7 Å². The Morgan fingerprint density at radius 2 is 2.04 bits per heavy atom. The van der Waals surface area contributed by atoms with Crippen LogP contribution in [0.2, 0.25) is 5.02 Å². The summed E-state index contributed by atoms with van der Waals surface area (Å²) in [7, 11) is 1.47. The number of esters is 1. The number of rotatable bonds is 6. The Bertz CT molecular complexity index is 722. The number of nitrogens with zero attached hydrogens (tertiary/aromatic N) is 1. The van der Waals surface area contributed by atoms with E-state index < -0.39 is 18.0 Å². The lowest BCUT2D eigenvalue weighted by atomic mass is 10.2. The molecule has 1 aromatic carbocycles. The van der Waals surface area contributed by atoms with Crippen molar-refractivity contribution >= 4 is 35.1 Å². The van der Waals surface area contributed by atoms with E-state index in [2.05, 4.69) is 5.32 Å². The average molecular weight is 397 g/mol. The molecule has 148 valence electrons. The molecule has 0 saturated carbocycles. The van der Waals surface area contributed by atoms with E-state index in [1.165, 1.54) is 18.9 Å². The molecule has 1 aliphatic rings. The van der Waals surface area contributed by atoms with Crippen LogP contribution in [0.15, 0.2) is 12.1 Å². The molecule has 1 saturated heterocycles. The number of hydrogen-bond acceptors (Lipinski definition) is 5. The van der Waals surface area contributed by atoms with E-state index in [0.29, 0.717) is 29.4 Å². The van der Waals surface area contributed by atoms with Gasteiger partial charge in [0.1, 0.15) is 12.3 Å². The number of halogens is 1. The van der Waals surface area contributed by atoms with Crippen LogP contribution in [0.25, 0.3) is 0 Å². The first kappa shape index (κ1) is 21.0. The summed E-state index contributed by atoms with van der Waals surface area (Å²) >= 11 is 6.05. The van der Waals surface area contributed by atoms with Gasteiger partial charge in [-0.05, 0) is 38.3 Å². The molecule has 0 aliphatic carbocycles. The highest BCUT2D eigenvalue weighted by Gasteiger charge is 2.24. The van der Waals surface area contributed by atoms with Crippen molar-refractivity contribution in [3.63, 3.8) is 0 Å². The molecule has 1 aliphatic heterocycles. The Morgan fingerprint density at radius 3 is 2.74 bits per heavy atom. The van der Waals surface area contributed by atoms with Gasteiger partial charge in [-0.25, -0.2) is 0 Å². The van der Waals surface area contributed by atoms with Gasteiger partial charge in [0.15, 0.2) is 6.10 Å². The molecule has 1 atom stereocenters. The Morgan fingerprint density at radius 1 is 1.30 bits per heavy atom. The Balaban J connectivity index is 1.94. The van der Waals surface area contributed by atoms with Gasteiger partial charge in [0.25, 0.3) is 5.91 Å². The van der Waals surface area contributed by atoms with Gasteiger partial charge in [0, 0.05) is 24.1 Å². The lowest BCUT2D eigenvalue weighted by molar-refractivity contribution is -0.156. The Hall–Kier alpha value is -2.28. The van der Waals surface area contributed by atoms with E-state index in [9.17, 15) is 14.4 Å². The predicted molar refractivity (Wildman–Crippen MR) is 102 cm³/mol. The van der Waals surface area contributed by atoms with E-state index >= 15 is 0 Å². The maximum atomic E-state index is 12.4. The van der Waals surface area contributed by atoms with E-state index in [1.54, 1.807) is 19.1 Å². The van der Waals surface area contributed by atoms with Gasteiger partial charge in [-0.15, -0.1) is 0 Å². The molecular weight excluding hydrogens is 372 g/mol. The third-order valence-electron chi connectivity index (χ3n) is 4.41. The topological polar surface area (TPSA) is 84.9 Å². The quantitative estimate of drug-likeness (QED) is 0.747. The minimum Gasteiger partial charge on any atom is -0.495 e. The van der Waals surface area contributed by atoms with E-state index in [1.807, 2.05) is 0 Å². The van der Waals surface area contributed by atoms with Crippen LogP contribution in [0.3, 0.4) is 0 Å². The minimum atomic E-state index is -1.01. The first-order valence-electron chi connectivity index (χ1n) is 8.94. The fourth-order valence-corrected chi connectivity index (χ4v) is 2.97. The van der Waals surface area contributed by atoms with Crippen LogP contribution in [-0.4, -0.2) is 49.0 Å². The van der Waals surface area contributed by atoms with Gasteiger partial charge in [-0.2, -0.15) is 0 Å². The maximum Gasteiger partial charge on any atom is 0.326 e. The molecule has 0 unspecified atom stereocenters. The molecular formula is C19H25ClN2O5. The molecule has 2 rings (SSSR count). The first-order chi connectivity index (χ1) is 12.8. The zero-order valence-electron chi connectivity index (χ0n) is 15.8. The molecule has 7 nitrogen and oxygen atoms in total. The highest BCUT2D eigenvalue weighted by Crippen LogP contribution is 2.31. The predicted octanol–water partition coefficient (Wildman–Crippen LogP) is 2.93. The van der Waals surface area contributed by atoms with Crippen LogP contribution in [-0.2, 0) is 19.1 Å². The molecule has 1 fully saturated rings. The minimum absolute atomic E-state index is 0.0528.